The van der Waals surface area contributed by atoms with Gasteiger partial charge in [0.05, 0.1) is 13.2 Å². The van der Waals surface area contributed by atoms with Gasteiger partial charge < -0.3 is 28.8 Å². The Hall–Kier alpha value is -2.17. The van der Waals surface area contributed by atoms with E-state index in [4.69, 9.17) is 18.9 Å². The molecule has 0 radical (unpaired) electrons. The molecule has 0 aliphatic carbocycles. The standard InChI is InChI=1S/C27H38N4O4S/c1-26(2,3)35-25-24-23(29-17-30-25)20(13-31(24)18-32-14-19-10-8-7-9-11-19)12-28-21(16-36-6)22-15-33-27(4,5)34-22/h7-11,13,17,21-22,28H,12,14-16,18H2,1-6H3/t21-,22?/m1/s1. The zero-order valence-corrected chi connectivity index (χ0v) is 22.9. The molecular weight excluding hydrogens is 476 g/mol. The van der Waals surface area contributed by atoms with Gasteiger partial charge in [0, 0.05) is 30.1 Å². The highest BCUT2D eigenvalue weighted by atomic mass is 32.2. The van der Waals surface area contributed by atoms with Crippen LogP contribution in [0.15, 0.2) is 42.9 Å². The smallest absolute Gasteiger partial charge is 0.242 e. The van der Waals surface area contributed by atoms with Crippen molar-refractivity contribution in [3.63, 3.8) is 0 Å². The third-order valence-corrected chi connectivity index (χ3v) is 6.51. The second-order valence-electron chi connectivity index (χ2n) is 10.5. The number of thioether (sulfide) groups is 1. The number of nitrogens with one attached hydrogen (secondary N) is 1. The molecule has 1 N–H and O–H groups in total. The van der Waals surface area contributed by atoms with Gasteiger partial charge in [-0.25, -0.2) is 4.98 Å². The van der Waals surface area contributed by atoms with Gasteiger partial charge in [0.15, 0.2) is 5.79 Å². The maximum absolute atomic E-state index is 6.21. The van der Waals surface area contributed by atoms with E-state index in [1.807, 2.05) is 57.4 Å². The van der Waals surface area contributed by atoms with Crippen molar-refractivity contribution in [2.45, 2.75) is 78.0 Å². The minimum absolute atomic E-state index is 0.00980. The Kier molecular flexibility index (Phi) is 8.57. The summed E-state index contributed by atoms with van der Waals surface area (Å²) in [6, 6.07) is 10.3. The number of hydrogen-bond donors (Lipinski definition) is 1. The Labute approximate surface area is 218 Å². The Morgan fingerprint density at radius 1 is 1.22 bits per heavy atom. The topological polar surface area (TPSA) is 79.7 Å². The average Bonchev–Trinajstić information content (AvgIpc) is 3.36. The lowest BCUT2D eigenvalue weighted by molar-refractivity contribution is -0.141. The van der Waals surface area contributed by atoms with Crippen LogP contribution in [0, 0.1) is 0 Å². The lowest BCUT2D eigenvalue weighted by Crippen LogP contribution is -2.43. The summed E-state index contributed by atoms with van der Waals surface area (Å²) in [6.45, 7) is 12.0. The fourth-order valence-corrected chi connectivity index (χ4v) is 4.93. The number of ether oxygens (including phenoxy) is 4. The summed E-state index contributed by atoms with van der Waals surface area (Å²) in [6.07, 6.45) is 5.75. The first-order valence-electron chi connectivity index (χ1n) is 12.3. The van der Waals surface area contributed by atoms with Gasteiger partial charge in [0.1, 0.15) is 35.8 Å². The van der Waals surface area contributed by atoms with Crippen molar-refractivity contribution in [2.75, 3.05) is 18.6 Å². The monoisotopic (exact) mass is 514 g/mol. The molecule has 196 valence electrons. The summed E-state index contributed by atoms with van der Waals surface area (Å²) in [4.78, 5) is 9.10. The Balaban J connectivity index is 1.57. The van der Waals surface area contributed by atoms with Crippen molar-refractivity contribution in [3.05, 3.63) is 54.0 Å². The van der Waals surface area contributed by atoms with Gasteiger partial charge >= 0.3 is 0 Å². The number of rotatable bonds is 11. The van der Waals surface area contributed by atoms with Crippen LogP contribution in [-0.4, -0.2) is 56.7 Å². The second-order valence-corrected chi connectivity index (χ2v) is 11.4. The van der Waals surface area contributed by atoms with Crippen LogP contribution in [0.1, 0.15) is 45.7 Å². The molecule has 2 aromatic heterocycles. The van der Waals surface area contributed by atoms with E-state index in [9.17, 15) is 0 Å². The van der Waals surface area contributed by atoms with Crippen molar-refractivity contribution >= 4 is 22.8 Å². The molecule has 36 heavy (non-hydrogen) atoms. The van der Waals surface area contributed by atoms with Gasteiger partial charge in [-0.2, -0.15) is 16.7 Å². The lowest BCUT2D eigenvalue weighted by atomic mass is 10.2. The van der Waals surface area contributed by atoms with Crippen LogP contribution < -0.4 is 10.1 Å². The van der Waals surface area contributed by atoms with Crippen molar-refractivity contribution in [1.82, 2.24) is 19.9 Å². The molecule has 3 aromatic rings. The molecule has 8 nitrogen and oxygen atoms in total. The molecule has 0 saturated carbocycles. The Morgan fingerprint density at radius 2 is 2.00 bits per heavy atom. The molecule has 1 aliphatic heterocycles. The zero-order chi connectivity index (χ0) is 25.8. The molecular formula is C27H38N4O4S. The van der Waals surface area contributed by atoms with Crippen LogP contribution in [0.25, 0.3) is 11.0 Å². The van der Waals surface area contributed by atoms with Crippen molar-refractivity contribution in [3.8, 4) is 5.88 Å². The van der Waals surface area contributed by atoms with Gasteiger partial charge in [-0.3, -0.25) is 0 Å². The molecule has 3 heterocycles. The summed E-state index contributed by atoms with van der Waals surface area (Å²) in [5, 5.41) is 3.69. The summed E-state index contributed by atoms with van der Waals surface area (Å²) < 4.78 is 26.3. The predicted octanol–water partition coefficient (Wildman–Crippen LogP) is 4.76. The number of nitrogens with zero attached hydrogens (tertiary/aromatic N) is 3. The van der Waals surface area contributed by atoms with Gasteiger partial charge in [-0.05, 0) is 46.4 Å². The van der Waals surface area contributed by atoms with E-state index in [2.05, 4.69) is 39.9 Å². The normalized spacial score (nSPS) is 18.6. The van der Waals surface area contributed by atoms with E-state index in [1.165, 1.54) is 0 Å². The van der Waals surface area contributed by atoms with Crippen LogP contribution in [0.2, 0.25) is 0 Å². The van der Waals surface area contributed by atoms with Crippen molar-refractivity contribution in [1.29, 1.82) is 0 Å². The van der Waals surface area contributed by atoms with Gasteiger partial charge in [-0.15, -0.1) is 0 Å². The second kappa shape index (κ2) is 11.5. The van der Waals surface area contributed by atoms with E-state index in [0.717, 1.165) is 27.9 Å². The molecule has 1 unspecified atom stereocenters. The fraction of sp³-hybridized carbons (Fsp3) is 0.556. The van der Waals surface area contributed by atoms with Crippen LogP contribution in [0.5, 0.6) is 5.88 Å². The zero-order valence-electron chi connectivity index (χ0n) is 22.1. The van der Waals surface area contributed by atoms with E-state index in [-0.39, 0.29) is 12.1 Å². The molecule has 1 aromatic carbocycles. The van der Waals surface area contributed by atoms with Crippen LogP contribution in [-0.2, 0) is 34.1 Å². The fourth-order valence-electron chi connectivity index (χ4n) is 4.23. The van der Waals surface area contributed by atoms with Crippen molar-refractivity contribution < 1.29 is 18.9 Å². The van der Waals surface area contributed by atoms with Crippen molar-refractivity contribution in [2.24, 2.45) is 0 Å². The molecule has 1 fully saturated rings. The Bertz CT molecular complexity index is 1130. The molecule has 9 heteroatoms. The molecule has 0 bridgehead atoms. The maximum atomic E-state index is 6.21. The quantitative estimate of drug-likeness (QED) is 0.393. The lowest BCUT2D eigenvalue weighted by Gasteiger charge is -2.24. The highest BCUT2D eigenvalue weighted by Gasteiger charge is 2.37. The molecule has 4 rings (SSSR count). The SMILES string of the molecule is CSC[C@@H](NCc1cn(COCc2ccccc2)c2c(OC(C)(C)C)ncnc12)C1COC(C)(C)O1. The first-order chi connectivity index (χ1) is 17.1. The average molecular weight is 515 g/mol. The first kappa shape index (κ1) is 26.9. The summed E-state index contributed by atoms with van der Waals surface area (Å²) in [5.41, 5.74) is 3.47. The minimum atomic E-state index is -0.554. The minimum Gasteiger partial charge on any atom is -0.470 e. The number of aromatic nitrogens is 3. The molecule has 1 aliphatic rings. The van der Waals surface area contributed by atoms with Crippen LogP contribution in [0.3, 0.4) is 0 Å². The van der Waals surface area contributed by atoms with E-state index >= 15 is 0 Å². The molecule has 1 saturated heterocycles. The van der Waals surface area contributed by atoms with E-state index in [1.54, 1.807) is 18.1 Å². The first-order valence-corrected chi connectivity index (χ1v) is 13.7. The molecule has 0 spiro atoms. The third kappa shape index (κ3) is 6.98. The number of fused-ring (bicyclic) bond motifs is 1. The summed E-state index contributed by atoms with van der Waals surface area (Å²) in [7, 11) is 0. The molecule has 0 amide bonds. The number of benzene rings is 1. The highest BCUT2D eigenvalue weighted by molar-refractivity contribution is 7.98. The van der Waals surface area contributed by atoms with E-state index in [0.29, 0.717) is 32.4 Å². The predicted molar refractivity (Wildman–Crippen MR) is 143 cm³/mol. The largest absolute Gasteiger partial charge is 0.470 e. The number of hydrogen-bond acceptors (Lipinski definition) is 8. The molecule has 2 atom stereocenters. The van der Waals surface area contributed by atoms with Gasteiger partial charge in [-0.1, -0.05) is 30.3 Å². The van der Waals surface area contributed by atoms with Gasteiger partial charge in [0.2, 0.25) is 5.88 Å². The highest BCUT2D eigenvalue weighted by Crippen LogP contribution is 2.30. The van der Waals surface area contributed by atoms with E-state index < -0.39 is 11.4 Å². The maximum Gasteiger partial charge on any atom is 0.242 e. The van der Waals surface area contributed by atoms with Crippen LogP contribution in [0.4, 0.5) is 0 Å². The van der Waals surface area contributed by atoms with Gasteiger partial charge in [0.25, 0.3) is 0 Å². The summed E-state index contributed by atoms with van der Waals surface area (Å²) >= 11 is 1.79. The third-order valence-electron chi connectivity index (χ3n) is 5.82. The summed E-state index contributed by atoms with van der Waals surface area (Å²) in [5.74, 6) is 0.912. The Morgan fingerprint density at radius 3 is 2.67 bits per heavy atom. The van der Waals surface area contributed by atoms with Crippen LogP contribution >= 0.6 is 11.8 Å².